The molecule has 0 aromatic heterocycles. The van der Waals surface area contributed by atoms with Crippen molar-refractivity contribution in [2.45, 2.75) is 73.0 Å². The lowest BCUT2D eigenvalue weighted by Crippen LogP contribution is -2.33. The van der Waals surface area contributed by atoms with E-state index < -0.39 is 0 Å². The largest absolute Gasteiger partial charge is 0.334 e. The molecule has 0 aliphatic heterocycles. The van der Waals surface area contributed by atoms with Crippen molar-refractivity contribution in [3.05, 3.63) is 101 Å². The van der Waals surface area contributed by atoms with Crippen molar-refractivity contribution in [3.8, 4) is 0 Å². The number of rotatable bonds is 8. The third kappa shape index (κ3) is 8.29. The van der Waals surface area contributed by atoms with E-state index in [0.29, 0.717) is 37.3 Å². The molecule has 0 aliphatic carbocycles. The molecular formula is C32H41N3O2. The number of hydrogen-bond donors (Lipinski definition) is 2. The monoisotopic (exact) mass is 499 g/mol. The fourth-order valence-electron chi connectivity index (χ4n) is 4.17. The van der Waals surface area contributed by atoms with Gasteiger partial charge in [-0.05, 0) is 51.3 Å². The summed E-state index contributed by atoms with van der Waals surface area (Å²) in [6.45, 7) is 14.0. The number of nitrogens with two attached hydrogens (primary N) is 1. The minimum atomic E-state index is -0.170. The molecule has 37 heavy (non-hydrogen) atoms. The second-order valence-electron chi connectivity index (χ2n) is 11.9. The number of nitrogens with zero attached hydrogens (tertiary/aromatic N) is 1. The van der Waals surface area contributed by atoms with E-state index in [1.807, 2.05) is 77.7 Å². The maximum absolute atomic E-state index is 13.4. The van der Waals surface area contributed by atoms with E-state index in [9.17, 15) is 9.59 Å². The van der Waals surface area contributed by atoms with Gasteiger partial charge in [0, 0.05) is 37.3 Å². The molecule has 3 aromatic carbocycles. The molecule has 0 atom stereocenters. The van der Waals surface area contributed by atoms with E-state index in [2.05, 4.69) is 46.9 Å². The van der Waals surface area contributed by atoms with E-state index in [1.54, 1.807) is 0 Å². The van der Waals surface area contributed by atoms with Crippen LogP contribution in [0.2, 0.25) is 0 Å². The first-order valence-electron chi connectivity index (χ1n) is 12.9. The molecule has 3 rings (SSSR count). The summed E-state index contributed by atoms with van der Waals surface area (Å²) in [4.78, 5) is 28.4. The maximum atomic E-state index is 13.4. The van der Waals surface area contributed by atoms with Crippen LogP contribution in [0.5, 0.6) is 0 Å². The lowest BCUT2D eigenvalue weighted by atomic mass is 9.86. The van der Waals surface area contributed by atoms with Gasteiger partial charge in [0.05, 0.1) is 0 Å². The Balaban J connectivity index is 1.84. The normalized spacial score (nSPS) is 11.8. The van der Waals surface area contributed by atoms with Crippen molar-refractivity contribution in [3.63, 3.8) is 0 Å². The zero-order chi connectivity index (χ0) is 27.2. The van der Waals surface area contributed by atoms with E-state index >= 15 is 0 Å². The summed E-state index contributed by atoms with van der Waals surface area (Å²) in [5, 5.41) is 3.07. The Bertz CT molecular complexity index is 1220. The third-order valence-corrected chi connectivity index (χ3v) is 6.27. The summed E-state index contributed by atoms with van der Waals surface area (Å²) in [6, 6.07) is 23.4. The van der Waals surface area contributed by atoms with Crippen molar-refractivity contribution >= 4 is 17.5 Å². The number of hydrogen-bond acceptors (Lipinski definition) is 3. The lowest BCUT2D eigenvalue weighted by molar-refractivity contribution is -0.134. The third-order valence-electron chi connectivity index (χ3n) is 6.27. The molecule has 0 aliphatic rings. The zero-order valence-electron chi connectivity index (χ0n) is 23.1. The maximum Gasteiger partial charge on any atom is 0.255 e. The van der Waals surface area contributed by atoms with Gasteiger partial charge >= 0.3 is 0 Å². The van der Waals surface area contributed by atoms with Crippen LogP contribution in [0.4, 0.5) is 5.69 Å². The number of anilines is 1. The van der Waals surface area contributed by atoms with Gasteiger partial charge in [0.15, 0.2) is 0 Å². The van der Waals surface area contributed by atoms with Gasteiger partial charge < -0.3 is 16.0 Å². The van der Waals surface area contributed by atoms with Crippen molar-refractivity contribution in [2.24, 2.45) is 11.1 Å². The summed E-state index contributed by atoms with van der Waals surface area (Å²) in [7, 11) is 0. The number of benzene rings is 3. The number of carbonyl (C=O) groups excluding carboxylic acids is 2. The van der Waals surface area contributed by atoms with Crippen molar-refractivity contribution in [1.29, 1.82) is 0 Å². The van der Waals surface area contributed by atoms with Gasteiger partial charge in [-0.15, -0.1) is 0 Å². The highest BCUT2D eigenvalue weighted by atomic mass is 16.2. The first-order chi connectivity index (χ1) is 17.4. The lowest BCUT2D eigenvalue weighted by Gasteiger charge is -2.28. The Morgan fingerprint density at radius 1 is 0.811 bits per heavy atom. The SMILES string of the molecule is CC(C)(C)CC(=O)N(Cc1cccc(CN)c1)Cc1ccccc1NC(=O)c1ccc(C(C)(C)C)cc1. The standard InChI is InChI=1S/C32H41N3O2/c1-31(2,3)19-29(36)35(21-24-11-9-10-23(18-24)20-33)22-26-12-7-8-13-28(26)34-30(37)25-14-16-27(17-15-25)32(4,5)6/h7-18H,19-22,33H2,1-6H3,(H,34,37). The number of amides is 2. The first-order valence-corrected chi connectivity index (χ1v) is 12.9. The summed E-state index contributed by atoms with van der Waals surface area (Å²) >= 11 is 0. The topological polar surface area (TPSA) is 75.4 Å². The van der Waals surface area contributed by atoms with E-state index in [4.69, 9.17) is 5.73 Å². The number of para-hydroxylation sites is 1. The van der Waals surface area contributed by atoms with Gasteiger partial charge in [-0.25, -0.2) is 0 Å². The van der Waals surface area contributed by atoms with Gasteiger partial charge in [-0.2, -0.15) is 0 Å². The number of nitrogens with one attached hydrogen (secondary N) is 1. The molecule has 3 N–H and O–H groups in total. The molecule has 5 heteroatoms. The van der Waals surface area contributed by atoms with Gasteiger partial charge in [-0.3, -0.25) is 9.59 Å². The zero-order valence-corrected chi connectivity index (χ0v) is 23.1. The predicted octanol–water partition coefficient (Wildman–Crippen LogP) is 6.66. The van der Waals surface area contributed by atoms with Gasteiger partial charge in [0.2, 0.25) is 5.91 Å². The van der Waals surface area contributed by atoms with Crippen LogP contribution in [-0.4, -0.2) is 16.7 Å². The molecular weight excluding hydrogens is 458 g/mol. The average Bonchev–Trinajstić information content (AvgIpc) is 2.83. The first kappa shape index (κ1) is 28.1. The van der Waals surface area contributed by atoms with Crippen LogP contribution in [0, 0.1) is 5.41 Å². The molecule has 5 nitrogen and oxygen atoms in total. The molecule has 0 heterocycles. The fourth-order valence-corrected chi connectivity index (χ4v) is 4.17. The van der Waals surface area contributed by atoms with E-state index in [0.717, 1.165) is 16.7 Å². The minimum absolute atomic E-state index is 0.0222. The van der Waals surface area contributed by atoms with E-state index in [-0.39, 0.29) is 22.6 Å². The Labute approximate surface area is 222 Å². The van der Waals surface area contributed by atoms with Gasteiger partial charge in [0.25, 0.3) is 5.91 Å². The molecule has 0 unspecified atom stereocenters. The van der Waals surface area contributed by atoms with Crippen molar-refractivity contribution in [2.75, 3.05) is 5.32 Å². The smallest absolute Gasteiger partial charge is 0.255 e. The van der Waals surface area contributed by atoms with Crippen LogP contribution in [0.1, 0.15) is 80.6 Å². The Hall–Kier alpha value is -3.44. The molecule has 0 fully saturated rings. The fraction of sp³-hybridized carbons (Fsp3) is 0.375. The Kier molecular flexibility index (Phi) is 8.93. The van der Waals surface area contributed by atoms with E-state index in [1.165, 1.54) is 5.56 Å². The predicted molar refractivity (Wildman–Crippen MR) is 152 cm³/mol. The molecule has 0 saturated carbocycles. The van der Waals surface area contributed by atoms with Crippen molar-refractivity contribution in [1.82, 2.24) is 4.90 Å². The minimum Gasteiger partial charge on any atom is -0.334 e. The van der Waals surface area contributed by atoms with Crippen LogP contribution in [0.3, 0.4) is 0 Å². The molecule has 0 saturated heterocycles. The van der Waals surface area contributed by atoms with Gasteiger partial charge in [-0.1, -0.05) is 96.1 Å². The van der Waals surface area contributed by atoms with Crippen LogP contribution >= 0.6 is 0 Å². The second kappa shape index (κ2) is 11.7. The summed E-state index contributed by atoms with van der Waals surface area (Å²) in [5.41, 5.74) is 11.2. The van der Waals surface area contributed by atoms with Gasteiger partial charge in [0.1, 0.15) is 0 Å². The second-order valence-corrected chi connectivity index (χ2v) is 11.9. The Morgan fingerprint density at radius 3 is 2.08 bits per heavy atom. The highest BCUT2D eigenvalue weighted by Gasteiger charge is 2.23. The summed E-state index contributed by atoms with van der Waals surface area (Å²) < 4.78 is 0. The molecule has 0 spiro atoms. The van der Waals surface area contributed by atoms with Crippen LogP contribution in [0.15, 0.2) is 72.8 Å². The highest BCUT2D eigenvalue weighted by Crippen LogP contribution is 2.26. The average molecular weight is 500 g/mol. The van der Waals surface area contributed by atoms with Crippen LogP contribution in [0.25, 0.3) is 0 Å². The molecule has 3 aromatic rings. The summed E-state index contributed by atoms with van der Waals surface area (Å²) in [5.74, 6) is -0.0966. The van der Waals surface area contributed by atoms with Crippen molar-refractivity contribution < 1.29 is 9.59 Å². The molecule has 0 bridgehead atoms. The Morgan fingerprint density at radius 2 is 1.46 bits per heavy atom. The van der Waals surface area contributed by atoms with Crippen LogP contribution < -0.4 is 11.1 Å². The van der Waals surface area contributed by atoms with Crippen LogP contribution in [-0.2, 0) is 29.8 Å². The quantitative estimate of drug-likeness (QED) is 0.364. The number of carbonyl (C=O) groups is 2. The summed E-state index contributed by atoms with van der Waals surface area (Å²) in [6.07, 6.45) is 0.429. The molecule has 0 radical (unpaired) electrons. The highest BCUT2D eigenvalue weighted by molar-refractivity contribution is 6.04. The molecule has 196 valence electrons. The molecule has 2 amide bonds.